The Hall–Kier alpha value is -2.62. The summed E-state index contributed by atoms with van der Waals surface area (Å²) >= 11 is 0. The first-order valence-electron chi connectivity index (χ1n) is 8.86. The van der Waals surface area contributed by atoms with Gasteiger partial charge in [0.25, 0.3) is 5.69 Å². The molecule has 3 atom stereocenters. The van der Waals surface area contributed by atoms with Crippen molar-refractivity contribution in [1.82, 2.24) is 0 Å². The number of fused-ring (bicyclic) bond motifs is 3. The van der Waals surface area contributed by atoms with Crippen LogP contribution in [0.4, 0.5) is 11.4 Å². The van der Waals surface area contributed by atoms with Crippen LogP contribution in [0.2, 0.25) is 0 Å². The molecule has 1 heterocycles. The fraction of sp³-hybridized carbons (Fsp3) is 0.333. The summed E-state index contributed by atoms with van der Waals surface area (Å²) in [6, 6.07) is 13.8. The third kappa shape index (κ3) is 2.72. The minimum atomic E-state index is -0.320. The maximum atomic E-state index is 11.1. The van der Waals surface area contributed by atoms with Crippen LogP contribution >= 0.6 is 0 Å². The van der Waals surface area contributed by atoms with Crippen molar-refractivity contribution >= 4 is 11.4 Å². The van der Waals surface area contributed by atoms with E-state index in [4.69, 9.17) is 0 Å². The number of hydrogen-bond donors (Lipinski definition) is 1. The number of rotatable bonds is 3. The Morgan fingerprint density at radius 2 is 2.04 bits per heavy atom. The standard InChI is InChI=1S/C21H22N2O2/c1-13(2)14-9-10-20-19(12-14)17-7-4-8-18(17)21(22-20)15-5-3-6-16(11-15)23(24)25/h3-7,9-13,17-18,21-22H,8H2,1-2H3/t17-,18+,21+/m1/s1. The maximum Gasteiger partial charge on any atom is 0.269 e. The van der Waals surface area contributed by atoms with Crippen LogP contribution in [0.5, 0.6) is 0 Å². The van der Waals surface area contributed by atoms with Gasteiger partial charge >= 0.3 is 0 Å². The first kappa shape index (κ1) is 15.9. The highest BCUT2D eigenvalue weighted by molar-refractivity contribution is 5.61. The number of anilines is 1. The first-order valence-corrected chi connectivity index (χ1v) is 8.86. The van der Waals surface area contributed by atoms with Crippen LogP contribution in [-0.4, -0.2) is 4.92 Å². The lowest BCUT2D eigenvalue weighted by Crippen LogP contribution is -2.29. The zero-order valence-corrected chi connectivity index (χ0v) is 14.5. The highest BCUT2D eigenvalue weighted by Gasteiger charge is 2.38. The van der Waals surface area contributed by atoms with E-state index in [0.717, 1.165) is 17.7 Å². The summed E-state index contributed by atoms with van der Waals surface area (Å²) in [7, 11) is 0. The van der Waals surface area contributed by atoms with Crippen LogP contribution in [0, 0.1) is 16.0 Å². The van der Waals surface area contributed by atoms with Crippen molar-refractivity contribution in [3.63, 3.8) is 0 Å². The monoisotopic (exact) mass is 334 g/mol. The Balaban J connectivity index is 1.75. The van der Waals surface area contributed by atoms with E-state index in [1.807, 2.05) is 6.07 Å². The van der Waals surface area contributed by atoms with Gasteiger partial charge in [-0.1, -0.05) is 50.3 Å². The molecule has 2 aromatic carbocycles. The topological polar surface area (TPSA) is 55.2 Å². The van der Waals surface area contributed by atoms with Crippen LogP contribution in [0.15, 0.2) is 54.6 Å². The largest absolute Gasteiger partial charge is 0.378 e. The normalized spacial score (nSPS) is 23.9. The number of non-ortho nitro benzene ring substituents is 1. The van der Waals surface area contributed by atoms with Crippen molar-refractivity contribution in [2.75, 3.05) is 5.32 Å². The van der Waals surface area contributed by atoms with E-state index >= 15 is 0 Å². The van der Waals surface area contributed by atoms with Crippen LogP contribution in [0.3, 0.4) is 0 Å². The van der Waals surface area contributed by atoms with Crippen molar-refractivity contribution in [3.05, 3.63) is 81.4 Å². The molecule has 128 valence electrons. The molecule has 0 bridgehead atoms. The van der Waals surface area contributed by atoms with Crippen molar-refractivity contribution < 1.29 is 4.92 Å². The summed E-state index contributed by atoms with van der Waals surface area (Å²) in [4.78, 5) is 10.8. The smallest absolute Gasteiger partial charge is 0.269 e. The molecule has 0 unspecified atom stereocenters. The van der Waals surface area contributed by atoms with Gasteiger partial charge in [0.1, 0.15) is 0 Å². The fourth-order valence-electron chi connectivity index (χ4n) is 4.13. The van der Waals surface area contributed by atoms with Crippen LogP contribution in [0.1, 0.15) is 54.8 Å². The lowest BCUT2D eigenvalue weighted by Gasteiger charge is -2.38. The molecule has 0 saturated carbocycles. The van der Waals surface area contributed by atoms with E-state index in [-0.39, 0.29) is 16.7 Å². The zero-order valence-electron chi connectivity index (χ0n) is 14.5. The Morgan fingerprint density at radius 1 is 1.20 bits per heavy atom. The fourth-order valence-corrected chi connectivity index (χ4v) is 4.13. The summed E-state index contributed by atoms with van der Waals surface area (Å²) in [5.41, 5.74) is 5.00. The molecule has 2 aromatic rings. The summed E-state index contributed by atoms with van der Waals surface area (Å²) in [6.07, 6.45) is 5.55. The molecule has 0 aromatic heterocycles. The number of nitrogens with one attached hydrogen (secondary N) is 1. The van der Waals surface area contributed by atoms with Gasteiger partial charge < -0.3 is 5.32 Å². The van der Waals surface area contributed by atoms with E-state index in [1.54, 1.807) is 18.2 Å². The third-order valence-electron chi connectivity index (χ3n) is 5.49. The maximum absolute atomic E-state index is 11.1. The van der Waals surface area contributed by atoms with E-state index in [2.05, 4.69) is 49.5 Å². The lowest BCUT2D eigenvalue weighted by atomic mass is 9.76. The minimum Gasteiger partial charge on any atom is -0.378 e. The molecule has 1 aliphatic heterocycles. The Kier molecular flexibility index (Phi) is 3.83. The van der Waals surface area contributed by atoms with Crippen LogP contribution < -0.4 is 5.32 Å². The molecule has 4 nitrogen and oxygen atoms in total. The van der Waals surface area contributed by atoms with Gasteiger partial charge in [-0.15, -0.1) is 0 Å². The SMILES string of the molecule is CC(C)c1ccc2c(c1)[C@@H]1C=CC[C@@H]1[C@H](c1cccc([N+](=O)[O-])c1)N2. The van der Waals surface area contributed by atoms with E-state index in [1.165, 1.54) is 11.1 Å². The average molecular weight is 334 g/mol. The van der Waals surface area contributed by atoms with Crippen LogP contribution in [0.25, 0.3) is 0 Å². The van der Waals surface area contributed by atoms with Crippen molar-refractivity contribution in [2.24, 2.45) is 5.92 Å². The Bertz CT molecular complexity index is 857. The minimum absolute atomic E-state index is 0.0947. The van der Waals surface area contributed by atoms with Crippen LogP contribution in [-0.2, 0) is 0 Å². The molecule has 1 N–H and O–H groups in total. The number of nitro benzene ring substituents is 1. The molecular weight excluding hydrogens is 312 g/mol. The highest BCUT2D eigenvalue weighted by Crippen LogP contribution is 2.50. The molecule has 0 radical (unpaired) electrons. The molecule has 0 fully saturated rings. The van der Waals surface area contributed by atoms with Gasteiger partial charge in [0.2, 0.25) is 0 Å². The van der Waals surface area contributed by atoms with Gasteiger partial charge in [-0.3, -0.25) is 10.1 Å². The van der Waals surface area contributed by atoms with Gasteiger partial charge in [-0.25, -0.2) is 0 Å². The van der Waals surface area contributed by atoms with Crippen molar-refractivity contribution in [2.45, 2.75) is 38.1 Å². The third-order valence-corrected chi connectivity index (χ3v) is 5.49. The Morgan fingerprint density at radius 3 is 2.80 bits per heavy atom. The highest BCUT2D eigenvalue weighted by atomic mass is 16.6. The predicted octanol–water partition coefficient (Wildman–Crippen LogP) is 5.54. The van der Waals surface area contributed by atoms with Gasteiger partial charge in [-0.2, -0.15) is 0 Å². The molecular formula is C21H22N2O2. The van der Waals surface area contributed by atoms with E-state index in [0.29, 0.717) is 17.8 Å². The molecule has 1 aliphatic carbocycles. The molecule has 2 aliphatic rings. The molecule has 4 rings (SSSR count). The first-order chi connectivity index (χ1) is 12.0. The quantitative estimate of drug-likeness (QED) is 0.455. The van der Waals surface area contributed by atoms with E-state index in [9.17, 15) is 10.1 Å². The molecule has 0 spiro atoms. The summed E-state index contributed by atoms with van der Waals surface area (Å²) in [5, 5.41) is 14.8. The molecule has 4 heteroatoms. The van der Waals surface area contributed by atoms with Gasteiger partial charge in [0, 0.05) is 23.7 Å². The van der Waals surface area contributed by atoms with Crippen molar-refractivity contribution in [1.29, 1.82) is 0 Å². The second-order valence-corrected chi connectivity index (χ2v) is 7.33. The van der Waals surface area contributed by atoms with Gasteiger partial charge in [-0.05, 0) is 41.0 Å². The summed E-state index contributed by atoms with van der Waals surface area (Å²) in [5.74, 6) is 1.28. The number of allylic oxidation sites excluding steroid dienone is 2. The number of benzene rings is 2. The summed E-state index contributed by atoms with van der Waals surface area (Å²) in [6.45, 7) is 4.43. The predicted molar refractivity (Wildman–Crippen MR) is 100.0 cm³/mol. The second-order valence-electron chi connectivity index (χ2n) is 7.33. The Labute approximate surface area is 147 Å². The number of nitro groups is 1. The molecule has 0 saturated heterocycles. The zero-order chi connectivity index (χ0) is 17.6. The van der Waals surface area contributed by atoms with E-state index < -0.39 is 0 Å². The average Bonchev–Trinajstić information content (AvgIpc) is 3.10. The molecule has 0 amide bonds. The van der Waals surface area contributed by atoms with Crippen molar-refractivity contribution in [3.8, 4) is 0 Å². The van der Waals surface area contributed by atoms with Gasteiger partial charge in [0.15, 0.2) is 0 Å². The number of nitrogens with zero attached hydrogens (tertiary/aromatic N) is 1. The molecule has 25 heavy (non-hydrogen) atoms. The second kappa shape index (κ2) is 6.03. The lowest BCUT2D eigenvalue weighted by molar-refractivity contribution is -0.384. The number of hydrogen-bond acceptors (Lipinski definition) is 3. The van der Waals surface area contributed by atoms with Gasteiger partial charge in [0.05, 0.1) is 11.0 Å². The summed E-state index contributed by atoms with van der Waals surface area (Å²) < 4.78 is 0.